The number of hydrogen-bond donors (Lipinski definition) is 0. The summed E-state index contributed by atoms with van der Waals surface area (Å²) in [7, 11) is 0. The van der Waals surface area contributed by atoms with Crippen LogP contribution in [0, 0.1) is 0 Å². The van der Waals surface area contributed by atoms with E-state index in [1.54, 1.807) is 0 Å². The summed E-state index contributed by atoms with van der Waals surface area (Å²) in [6, 6.07) is 0. The van der Waals surface area contributed by atoms with Crippen LogP contribution in [0.3, 0.4) is 0 Å². The van der Waals surface area contributed by atoms with E-state index in [-0.39, 0.29) is 31.0 Å². The molecule has 0 aromatic heterocycles. The molecule has 0 aliphatic carbocycles. The van der Waals surface area contributed by atoms with Crippen molar-refractivity contribution in [2.75, 3.05) is 0 Å². The monoisotopic (exact) mass is 179 g/mol. The zero-order chi connectivity index (χ0) is 4.00. The van der Waals surface area contributed by atoms with Crippen LogP contribution >= 0.6 is 0 Å². The molecule has 0 bridgehead atoms. The molecule has 0 radical (unpaired) electrons. The molecule has 0 N–H and O–H groups in total. The zero-order valence-corrected chi connectivity index (χ0v) is 5.54. The summed E-state index contributed by atoms with van der Waals surface area (Å²) in [6.07, 6.45) is 0. The van der Waals surface area contributed by atoms with E-state index < -0.39 is 0 Å². The van der Waals surface area contributed by atoms with Crippen LogP contribution < -0.4 is 0 Å². The first-order valence-corrected chi connectivity index (χ1v) is 1.93. The Hall–Kier alpha value is 1.20. The standard InChI is InChI=1S/Ni.2O.Y. The average molecular weight is 180 g/mol. The molecule has 0 aromatic carbocycles. The molecule has 0 saturated heterocycles. The van der Waals surface area contributed by atoms with Gasteiger partial charge in [0.2, 0.25) is 0 Å². The first kappa shape index (κ1) is 8.96. The fourth-order valence-electron chi connectivity index (χ4n) is 0. The quantitative estimate of drug-likeness (QED) is 0.481. The SMILES string of the molecule is [O]=[Ni].[O]=[Y]. The van der Waals surface area contributed by atoms with Gasteiger partial charge in [-0.15, -0.1) is 0 Å². The third-order valence-electron chi connectivity index (χ3n) is 0. The summed E-state index contributed by atoms with van der Waals surface area (Å²) in [4.78, 5) is 0. The van der Waals surface area contributed by atoms with Gasteiger partial charge in [0.1, 0.15) is 0 Å². The van der Waals surface area contributed by atoms with Crippen molar-refractivity contribution in [2.45, 2.75) is 0 Å². The van der Waals surface area contributed by atoms with Crippen LogP contribution in [0.15, 0.2) is 0 Å². The van der Waals surface area contributed by atoms with Crippen LogP contribution in [0.1, 0.15) is 0 Å². The summed E-state index contributed by atoms with van der Waals surface area (Å²) in [5, 5.41) is 0. The molecule has 4 heteroatoms. The van der Waals surface area contributed by atoms with Gasteiger partial charge >= 0.3 is 52.3 Å². The van der Waals surface area contributed by atoms with E-state index in [2.05, 4.69) is 15.4 Å². The molecule has 0 unspecified atom stereocenters. The Morgan fingerprint density at radius 1 is 1.25 bits per heavy atom. The van der Waals surface area contributed by atoms with Gasteiger partial charge in [0.25, 0.3) is 0 Å². The van der Waals surface area contributed by atoms with E-state index in [0.717, 1.165) is 0 Å². The van der Waals surface area contributed by atoms with E-state index in [1.807, 2.05) is 0 Å². The van der Waals surface area contributed by atoms with Crippen molar-refractivity contribution >= 4 is 0 Å². The first-order valence-electron chi connectivity index (χ1n) is 0.365. The van der Waals surface area contributed by atoms with Crippen LogP contribution in [0.2, 0.25) is 0 Å². The van der Waals surface area contributed by atoms with Gasteiger partial charge in [0.15, 0.2) is 0 Å². The van der Waals surface area contributed by atoms with Gasteiger partial charge < -0.3 is 0 Å². The van der Waals surface area contributed by atoms with Gasteiger partial charge in [-0.25, -0.2) is 0 Å². The van der Waals surface area contributed by atoms with E-state index in [0.29, 0.717) is 0 Å². The fraction of sp³-hybridized carbons (Fsp3) is 0. The van der Waals surface area contributed by atoms with Crippen molar-refractivity contribution in [1.29, 1.82) is 0 Å². The van der Waals surface area contributed by atoms with E-state index in [4.69, 9.17) is 5.94 Å². The summed E-state index contributed by atoms with van der Waals surface area (Å²) >= 11 is 2.72. The third-order valence-corrected chi connectivity index (χ3v) is 0. The minimum absolute atomic E-state index is 0.100. The average Bonchev–Trinajstić information content (AvgIpc) is 1.50. The molecule has 0 aliphatic rings. The predicted molar refractivity (Wildman–Crippen MR) is 1.37 cm³/mol. The van der Waals surface area contributed by atoms with Gasteiger partial charge in [-0.2, -0.15) is 0 Å². The molecule has 4 heavy (non-hydrogen) atoms. The normalized spacial score (nSPS) is 3.00. The minimum atomic E-state index is 0.100. The van der Waals surface area contributed by atoms with E-state index in [9.17, 15) is 0 Å². The predicted octanol–water partition coefficient (Wildman–Crippen LogP) is -0.243. The molecule has 0 spiro atoms. The Kier molecular flexibility index (Phi) is 67.0. The van der Waals surface area contributed by atoms with Crippen molar-refractivity contribution in [3.63, 3.8) is 0 Å². The molecule has 0 atom stereocenters. The summed E-state index contributed by atoms with van der Waals surface area (Å²) in [6.45, 7) is 0. The Balaban J connectivity index is 0. The zero-order valence-electron chi connectivity index (χ0n) is 1.71. The molecule has 0 amide bonds. The van der Waals surface area contributed by atoms with E-state index >= 15 is 0 Å². The number of hydrogen-bond acceptors (Lipinski definition) is 2. The van der Waals surface area contributed by atoms with Gasteiger partial charge in [0, 0.05) is 0 Å². The van der Waals surface area contributed by atoms with Gasteiger partial charge in [-0.1, -0.05) is 0 Å². The van der Waals surface area contributed by atoms with Crippen LogP contribution in [0.5, 0.6) is 0 Å². The molecule has 0 saturated carbocycles. The molecule has 0 aromatic rings. The molecule has 0 fully saturated rings. The maximum atomic E-state index is 8.38. The molecular formula is NiO2Y. The van der Waals surface area contributed by atoms with Gasteiger partial charge in [-0.05, 0) is 0 Å². The van der Waals surface area contributed by atoms with Crippen molar-refractivity contribution in [3.05, 3.63) is 0 Å². The Morgan fingerprint density at radius 2 is 1.25 bits per heavy atom. The van der Waals surface area contributed by atoms with Gasteiger partial charge in [-0.3, -0.25) is 0 Å². The van der Waals surface area contributed by atoms with Crippen molar-refractivity contribution in [2.24, 2.45) is 0 Å². The van der Waals surface area contributed by atoms with Crippen molar-refractivity contribution in [3.8, 4) is 0 Å². The van der Waals surface area contributed by atoms with Crippen LogP contribution in [0.4, 0.5) is 0 Å². The molecule has 0 heterocycles. The molecular weight excluding hydrogens is 180 g/mol. The summed E-state index contributed by atoms with van der Waals surface area (Å²) in [5.74, 6) is 0. The number of rotatable bonds is 0. The fourth-order valence-corrected chi connectivity index (χ4v) is 0. The Bertz CT molecular complexity index is 8.00. The second-order valence-electron chi connectivity index (χ2n) is 0. The second-order valence-corrected chi connectivity index (χ2v) is 0. The molecule has 0 rings (SSSR count). The van der Waals surface area contributed by atoms with Crippen molar-refractivity contribution < 1.29 is 52.3 Å². The van der Waals surface area contributed by atoms with Gasteiger partial charge in [0.05, 0.1) is 0 Å². The third kappa shape index (κ3) is 10.8. The topological polar surface area (TPSA) is 34.1 Å². The van der Waals surface area contributed by atoms with E-state index in [1.165, 1.54) is 0 Å². The maximum absolute atomic E-state index is 8.38. The summed E-state index contributed by atoms with van der Waals surface area (Å²) in [5.41, 5.74) is 0. The molecule has 2 nitrogen and oxygen atoms in total. The summed E-state index contributed by atoms with van der Waals surface area (Å²) < 4.78 is 16.3. The Labute approximate surface area is 52.0 Å². The Morgan fingerprint density at radius 3 is 1.25 bits per heavy atom. The van der Waals surface area contributed by atoms with Crippen LogP contribution in [0.25, 0.3) is 0 Å². The van der Waals surface area contributed by atoms with Crippen LogP contribution in [-0.2, 0) is 52.3 Å². The molecule has 25 valence electrons. The molecule has 0 aliphatic heterocycles. The first-order chi connectivity index (χ1) is 2.00. The second kappa shape index (κ2) is 29.9. The van der Waals surface area contributed by atoms with Crippen molar-refractivity contribution in [1.82, 2.24) is 0 Å². The van der Waals surface area contributed by atoms with Crippen LogP contribution in [-0.4, -0.2) is 0 Å².